The Bertz CT molecular complexity index is 1030. The van der Waals surface area contributed by atoms with Crippen LogP contribution in [0.2, 0.25) is 0 Å². The Kier molecular flexibility index (Phi) is 6.18. The van der Waals surface area contributed by atoms with Gasteiger partial charge in [0.05, 0.1) is 13.9 Å². The van der Waals surface area contributed by atoms with Crippen LogP contribution in [0.1, 0.15) is 40.0 Å². The molecule has 0 aromatic carbocycles. The molecule has 34 heavy (non-hydrogen) atoms. The zero-order valence-corrected chi connectivity index (χ0v) is 24.9. The van der Waals surface area contributed by atoms with Crippen LogP contribution in [0.15, 0.2) is 11.1 Å². The molecule has 13 heteroatoms. The fourth-order valence-electron chi connectivity index (χ4n) is 8.08. The Morgan fingerprint density at radius 3 is 2.59 bits per heavy atom. The maximum absolute atomic E-state index is 12.2. The Morgan fingerprint density at radius 2 is 1.91 bits per heavy atom. The summed E-state index contributed by atoms with van der Waals surface area (Å²) in [5, 5.41) is 0. The van der Waals surface area contributed by atoms with Gasteiger partial charge >= 0.3 is 65.1 Å². The summed E-state index contributed by atoms with van der Waals surface area (Å²) < 4.78 is 46.1. The third kappa shape index (κ3) is 2.93. The Balaban J connectivity index is 0.00000120. The minimum atomic E-state index is -5.18. The minimum absolute atomic E-state index is 0. The van der Waals surface area contributed by atoms with Crippen LogP contribution >= 0.6 is 7.82 Å². The summed E-state index contributed by atoms with van der Waals surface area (Å²) in [7, 11) is -5.18. The van der Waals surface area contributed by atoms with Crippen LogP contribution in [0.3, 0.4) is 0 Å². The molecule has 0 bridgehead atoms. The molecule has 0 aromatic rings. The first-order valence-corrected chi connectivity index (χ1v) is 12.7. The topological polar surface area (TPSA) is 146 Å². The molecule has 0 amide bonds. The maximum Gasteiger partial charge on any atom is 1.00 e. The van der Waals surface area contributed by atoms with E-state index in [1.165, 1.54) is 0 Å². The Hall–Kier alpha value is 1.16. The molecule has 4 heterocycles. The molecule has 3 aliphatic carbocycles. The van der Waals surface area contributed by atoms with Crippen LogP contribution in [0.4, 0.5) is 0 Å². The van der Waals surface area contributed by atoms with E-state index in [0.29, 0.717) is 19.4 Å². The fourth-order valence-corrected chi connectivity index (χ4v) is 8.27. The van der Waals surface area contributed by atoms with Gasteiger partial charge in [0.1, 0.15) is 36.1 Å². The maximum atomic E-state index is 12.2. The second-order valence-corrected chi connectivity index (χ2v) is 11.9. The first-order valence-electron chi connectivity index (χ1n) is 11.2. The van der Waals surface area contributed by atoms with Gasteiger partial charge in [-0.2, -0.15) is 0 Å². The van der Waals surface area contributed by atoms with Crippen LogP contribution in [0, 0.1) is 17.3 Å². The number of phosphoric acid groups is 1. The molecular weight excluding hydrogens is 489 g/mol. The van der Waals surface area contributed by atoms with Crippen molar-refractivity contribution in [2.75, 3.05) is 13.4 Å². The van der Waals surface area contributed by atoms with Crippen molar-refractivity contribution < 1.29 is 106 Å². The van der Waals surface area contributed by atoms with Crippen LogP contribution in [0.5, 0.6) is 0 Å². The van der Waals surface area contributed by atoms with Crippen LogP contribution in [-0.2, 0) is 37.6 Å². The van der Waals surface area contributed by atoms with E-state index in [0.717, 1.165) is 17.6 Å². The molecule has 10 nitrogen and oxygen atoms in total. The second kappa shape index (κ2) is 7.85. The molecule has 176 valence electrons. The summed E-state index contributed by atoms with van der Waals surface area (Å²) in [4.78, 5) is 34.3. The normalized spacial score (nSPS) is 50.9. The monoisotopic (exact) mass is 514 g/mol. The average molecular weight is 514 g/mol. The molecule has 0 aromatic heterocycles. The molecule has 0 radical (unpaired) electrons. The molecule has 3 unspecified atom stereocenters. The van der Waals surface area contributed by atoms with Crippen LogP contribution in [-0.4, -0.2) is 60.6 Å². The number of rotatable bonds is 5. The summed E-state index contributed by atoms with van der Waals surface area (Å²) in [5.41, 5.74) is -0.615. The minimum Gasteiger partial charge on any atom is -0.790 e. The van der Waals surface area contributed by atoms with E-state index in [1.807, 2.05) is 13.8 Å². The van der Waals surface area contributed by atoms with E-state index >= 15 is 0 Å². The number of epoxide rings is 3. The zero-order valence-electron chi connectivity index (χ0n) is 20.0. The number of carbonyl (C=O) groups excluding carboxylic acids is 1. The molecule has 5 fully saturated rings. The van der Waals surface area contributed by atoms with Gasteiger partial charge in [-0.1, -0.05) is 20.8 Å². The number of carbonyl (C=O) groups is 1. The van der Waals surface area contributed by atoms with E-state index in [4.69, 9.17) is 23.7 Å². The quantitative estimate of drug-likeness (QED) is 0.114. The smallest absolute Gasteiger partial charge is 0.790 e. The standard InChI is InChI=1S/C21H27O10P.2Na/c1-9(2)19-14(30-19)15-21(31-15)18(3)5-4-10-11(7-26-16(10)22)12(18)6-13-20(21,29-13)17(19)27-8-28-32(23,24)25;;/h9,12-15,17H,4-8H2,1-3H3,(H2,23,24,25);;/q;2*+1/p-2/t12-,13-,14?,15?,17+,18-,19-,20?,21+;;/m0../s1. The van der Waals surface area contributed by atoms with E-state index < -0.39 is 37.5 Å². The van der Waals surface area contributed by atoms with E-state index in [2.05, 4.69) is 11.4 Å². The van der Waals surface area contributed by atoms with Gasteiger partial charge in [0, 0.05) is 11.0 Å². The number of hydrogen-bond donors (Lipinski definition) is 0. The van der Waals surface area contributed by atoms with Crippen LogP contribution < -0.4 is 68.9 Å². The molecule has 2 spiro atoms. The summed E-state index contributed by atoms with van der Waals surface area (Å²) in [6.45, 7) is 5.89. The summed E-state index contributed by atoms with van der Waals surface area (Å²) in [6, 6.07) is 0. The summed E-state index contributed by atoms with van der Waals surface area (Å²) in [6.07, 6.45) is 0.891. The third-order valence-corrected chi connectivity index (χ3v) is 9.93. The molecule has 0 N–H and O–H groups in total. The molecular formula is C21H25Na2O10P. The van der Waals surface area contributed by atoms with Crippen LogP contribution in [0.25, 0.3) is 0 Å². The van der Waals surface area contributed by atoms with Gasteiger partial charge in [0.2, 0.25) is 0 Å². The molecule has 4 aliphatic heterocycles. The van der Waals surface area contributed by atoms with Crippen molar-refractivity contribution in [2.24, 2.45) is 17.3 Å². The number of esters is 1. The van der Waals surface area contributed by atoms with Gasteiger partial charge in [-0.25, -0.2) is 4.79 Å². The second-order valence-electron chi connectivity index (χ2n) is 10.7. The number of fused-ring (bicyclic) bond motifs is 4. The van der Waals surface area contributed by atoms with Crippen molar-refractivity contribution in [1.82, 2.24) is 0 Å². The number of hydrogen-bond acceptors (Lipinski definition) is 10. The third-order valence-electron chi connectivity index (χ3n) is 9.51. The fraction of sp³-hybridized carbons (Fsp3) is 0.857. The average Bonchev–Trinajstić information content (AvgIpc) is 3.59. The van der Waals surface area contributed by atoms with Crippen molar-refractivity contribution in [3.63, 3.8) is 0 Å². The van der Waals surface area contributed by atoms with Gasteiger partial charge in [0.25, 0.3) is 0 Å². The van der Waals surface area contributed by atoms with Gasteiger partial charge in [0.15, 0.2) is 12.4 Å². The largest absolute Gasteiger partial charge is 1.00 e. The zero-order chi connectivity index (χ0) is 22.5. The molecule has 2 saturated carbocycles. The van der Waals surface area contributed by atoms with E-state index in [-0.39, 0.29) is 101 Å². The SMILES string of the molecule is CC(C)[C@]12OC1C1O[C@]13C1(O[C@H]1C[C@H]1C4=C(CC[C@@]13C)C(=O)OC4)[C@@H]2OCOP(=O)([O-])[O-].[Na+].[Na+]. The van der Waals surface area contributed by atoms with Gasteiger partial charge in [-0.05, 0) is 36.7 Å². The van der Waals surface area contributed by atoms with Gasteiger partial charge < -0.3 is 42.6 Å². The number of phosphoric ester groups is 1. The molecule has 3 saturated heterocycles. The van der Waals surface area contributed by atoms with Crippen molar-refractivity contribution in [3.8, 4) is 0 Å². The summed E-state index contributed by atoms with van der Waals surface area (Å²) in [5.74, 6) is -0.0707. The predicted octanol–water partition coefficient (Wildman–Crippen LogP) is -6.06. The van der Waals surface area contributed by atoms with Crippen molar-refractivity contribution >= 4 is 13.8 Å². The van der Waals surface area contributed by atoms with Gasteiger partial charge in [-0.15, -0.1) is 0 Å². The summed E-state index contributed by atoms with van der Waals surface area (Å²) >= 11 is 0. The van der Waals surface area contributed by atoms with Crippen molar-refractivity contribution in [2.45, 2.75) is 81.3 Å². The number of ether oxygens (including phenoxy) is 5. The number of cyclic esters (lactones) is 1. The molecule has 9 atom stereocenters. The van der Waals surface area contributed by atoms with Crippen molar-refractivity contribution in [1.29, 1.82) is 0 Å². The first-order chi connectivity index (χ1) is 15.0. The van der Waals surface area contributed by atoms with Gasteiger partial charge in [-0.3, -0.25) is 0 Å². The molecule has 7 aliphatic rings. The Morgan fingerprint density at radius 1 is 1.18 bits per heavy atom. The van der Waals surface area contributed by atoms with E-state index in [1.54, 1.807) is 0 Å². The predicted molar refractivity (Wildman–Crippen MR) is 99.5 cm³/mol. The molecule has 7 rings (SSSR count). The van der Waals surface area contributed by atoms with Crippen molar-refractivity contribution in [3.05, 3.63) is 11.1 Å². The van der Waals surface area contributed by atoms with E-state index in [9.17, 15) is 19.1 Å². The first kappa shape index (κ1) is 26.8. The Labute approximate surface area is 241 Å².